The molecule has 0 unspecified atom stereocenters. The number of benzene rings is 4. The molecule has 0 saturated carbocycles. The lowest BCUT2D eigenvalue weighted by Crippen LogP contribution is -2.66. The summed E-state index contributed by atoms with van der Waals surface area (Å²) in [7, 11) is -3.03. The third-order valence-electron chi connectivity index (χ3n) is 13.3. The molecule has 4 aromatic rings. The van der Waals surface area contributed by atoms with E-state index in [2.05, 4.69) is 99.3 Å². The molecule has 2 fully saturated rings. The predicted octanol–water partition coefficient (Wildman–Crippen LogP) is 7.48. The highest BCUT2D eigenvalue weighted by atomic mass is 28.4. The molecule has 4 aromatic carbocycles. The Bertz CT molecular complexity index is 2090. The van der Waals surface area contributed by atoms with Crippen molar-refractivity contribution in [3.05, 3.63) is 143 Å². The number of likely N-dealkylation sites (tertiary alicyclic amines) is 2. The van der Waals surface area contributed by atoms with Crippen molar-refractivity contribution >= 4 is 36.6 Å². The third-order valence-corrected chi connectivity index (χ3v) is 18.3. The van der Waals surface area contributed by atoms with Crippen LogP contribution in [0.25, 0.3) is 6.08 Å². The Kier molecular flexibility index (Phi) is 13.7. The summed E-state index contributed by atoms with van der Waals surface area (Å²) in [6.45, 7) is 11.0. The molecule has 7 rings (SSSR count). The highest BCUT2D eigenvalue weighted by molar-refractivity contribution is 6.99. The Morgan fingerprint density at radius 2 is 1.43 bits per heavy atom. The molecule has 1 aliphatic carbocycles. The first-order chi connectivity index (χ1) is 28.9. The zero-order valence-electron chi connectivity index (χ0n) is 35.7. The summed E-state index contributed by atoms with van der Waals surface area (Å²) in [5, 5.41) is 35.4. The van der Waals surface area contributed by atoms with E-state index in [1.807, 2.05) is 42.5 Å². The molecule has 0 aromatic heterocycles. The van der Waals surface area contributed by atoms with Gasteiger partial charge in [-0.1, -0.05) is 142 Å². The molecule has 316 valence electrons. The molecule has 8 nitrogen and oxygen atoms in total. The van der Waals surface area contributed by atoms with Crippen LogP contribution in [-0.4, -0.2) is 83.7 Å². The molecule has 2 amide bonds. The van der Waals surface area contributed by atoms with Gasteiger partial charge >= 0.3 is 0 Å². The van der Waals surface area contributed by atoms with Gasteiger partial charge in [0.2, 0.25) is 11.8 Å². The number of amides is 2. The maximum absolute atomic E-state index is 14.6. The van der Waals surface area contributed by atoms with E-state index in [1.54, 1.807) is 17.0 Å². The van der Waals surface area contributed by atoms with Crippen LogP contribution >= 0.6 is 0 Å². The van der Waals surface area contributed by atoms with Gasteiger partial charge in [0.25, 0.3) is 8.32 Å². The number of allylic oxidation sites excluding steroid dienone is 1. The number of piperidine rings is 1. The predicted molar refractivity (Wildman–Crippen MR) is 241 cm³/mol. The van der Waals surface area contributed by atoms with Crippen molar-refractivity contribution in [2.45, 2.75) is 89.9 Å². The van der Waals surface area contributed by atoms with Crippen molar-refractivity contribution in [3.8, 4) is 5.75 Å². The number of nitrogens with zero attached hydrogens (tertiary/aromatic N) is 2. The zero-order valence-corrected chi connectivity index (χ0v) is 36.7. The van der Waals surface area contributed by atoms with Gasteiger partial charge in [0, 0.05) is 31.6 Å². The zero-order chi connectivity index (χ0) is 42.4. The fraction of sp³-hybridized carbons (Fsp3) is 0.412. The summed E-state index contributed by atoms with van der Waals surface area (Å²) < 4.78 is 7.47. The Morgan fingerprint density at radius 1 is 0.850 bits per heavy atom. The molecule has 3 aliphatic rings. The third kappa shape index (κ3) is 9.02. The van der Waals surface area contributed by atoms with Crippen molar-refractivity contribution in [1.29, 1.82) is 0 Å². The van der Waals surface area contributed by atoms with E-state index in [0.717, 1.165) is 53.1 Å². The molecule has 3 N–H and O–H groups in total. The Balaban J connectivity index is 1.21. The molecule has 0 spiro atoms. The topological polar surface area (TPSA) is 111 Å². The average molecular weight is 827 g/mol. The fourth-order valence-electron chi connectivity index (χ4n) is 10.2. The molecule has 0 radical (unpaired) electrons. The van der Waals surface area contributed by atoms with Crippen molar-refractivity contribution < 1.29 is 29.3 Å². The molecule has 0 bridgehead atoms. The quantitative estimate of drug-likeness (QED) is 0.0648. The second kappa shape index (κ2) is 19.0. The van der Waals surface area contributed by atoms with Crippen molar-refractivity contribution in [1.82, 2.24) is 9.80 Å². The van der Waals surface area contributed by atoms with Crippen LogP contribution in [0.1, 0.15) is 77.3 Å². The number of phenols is 1. The molecular weight excluding hydrogens is 765 g/mol. The van der Waals surface area contributed by atoms with Crippen LogP contribution in [0.4, 0.5) is 0 Å². The smallest absolute Gasteiger partial charge is 0.261 e. The van der Waals surface area contributed by atoms with Crippen molar-refractivity contribution in [2.75, 3.05) is 26.3 Å². The lowest BCUT2D eigenvalue weighted by molar-refractivity contribution is -0.144. The SMILES string of the molecule is CC/C(=C\c1ccc(O)cc1)CC[C@@H](O)C1=C(CO[Si](c2ccccc2)(c2ccccc2)C(C)(C)C)C[C@H]2C(=O)N(C3CCN(Cc4ccccc4)CC3)C(=O)[C@H]2[C@H]1CO. The Morgan fingerprint density at radius 3 is 1.98 bits per heavy atom. The van der Waals surface area contributed by atoms with Gasteiger partial charge < -0.3 is 19.7 Å². The lowest BCUT2D eigenvalue weighted by Gasteiger charge is -2.44. The highest BCUT2D eigenvalue weighted by Crippen LogP contribution is 2.48. The summed E-state index contributed by atoms with van der Waals surface area (Å²) in [4.78, 5) is 33.2. The van der Waals surface area contributed by atoms with E-state index >= 15 is 0 Å². The number of carbonyl (C=O) groups excluding carboxylic acids is 2. The first-order valence-corrected chi connectivity index (χ1v) is 23.7. The van der Waals surface area contributed by atoms with E-state index < -0.39 is 32.2 Å². The lowest BCUT2D eigenvalue weighted by atomic mass is 9.68. The second-order valence-electron chi connectivity index (χ2n) is 18.0. The molecular formula is C51H62N2O6Si. The molecule has 2 saturated heterocycles. The molecule has 4 atom stereocenters. The molecule has 2 aliphatic heterocycles. The van der Waals surface area contributed by atoms with Gasteiger partial charge in [-0.25, -0.2) is 0 Å². The standard InChI is InChI=1S/C51H62N2O6Si/c1-5-36(31-37-21-24-41(55)25-22-37)23-26-46(56)47-39(35-59-60(51(2,3)4,42-17-11-7-12-18-42)43-19-13-8-14-20-43)32-44-48(45(47)34-54)50(58)53(49(44)57)40-27-29-52(30-28-40)33-38-15-9-6-10-16-38/h6-22,24-25,31,40,44-46,48,54-56H,5,23,26-30,32-35H2,1-4H3/b36-31+/t44-,45+,46-,48-/m1/s1. The van der Waals surface area contributed by atoms with E-state index in [-0.39, 0.29) is 41.9 Å². The van der Waals surface area contributed by atoms with Crippen molar-refractivity contribution in [3.63, 3.8) is 0 Å². The van der Waals surface area contributed by atoms with E-state index in [0.29, 0.717) is 37.7 Å². The molecule has 9 heteroatoms. The number of aromatic hydroxyl groups is 1. The number of carbonyl (C=O) groups is 2. The van der Waals surface area contributed by atoms with Gasteiger partial charge in [0.15, 0.2) is 0 Å². The molecule has 2 heterocycles. The van der Waals surface area contributed by atoms with Gasteiger partial charge in [-0.2, -0.15) is 0 Å². The van der Waals surface area contributed by atoms with Crippen molar-refractivity contribution in [2.24, 2.45) is 17.8 Å². The number of hydrogen-bond donors (Lipinski definition) is 3. The van der Waals surface area contributed by atoms with Crippen LogP contribution in [0.5, 0.6) is 5.75 Å². The van der Waals surface area contributed by atoms with E-state index in [9.17, 15) is 24.9 Å². The summed E-state index contributed by atoms with van der Waals surface area (Å²) in [5.41, 5.74) is 4.81. The maximum Gasteiger partial charge on any atom is 0.261 e. The maximum atomic E-state index is 14.6. The number of fused-ring (bicyclic) bond motifs is 1. The largest absolute Gasteiger partial charge is 0.508 e. The number of phenolic OH excluding ortho intramolecular Hbond substituents is 1. The minimum atomic E-state index is -3.03. The number of aliphatic hydroxyl groups is 2. The van der Waals surface area contributed by atoms with Crippen LogP contribution < -0.4 is 10.4 Å². The number of imide groups is 1. The van der Waals surface area contributed by atoms with E-state index in [1.165, 1.54) is 5.56 Å². The first-order valence-electron chi connectivity index (χ1n) is 21.8. The summed E-state index contributed by atoms with van der Waals surface area (Å²) >= 11 is 0. The number of rotatable bonds is 15. The van der Waals surface area contributed by atoms with Gasteiger partial charge in [-0.05, 0) is 88.3 Å². The second-order valence-corrected chi connectivity index (χ2v) is 22.3. The van der Waals surface area contributed by atoms with Crippen LogP contribution in [0.2, 0.25) is 5.04 Å². The van der Waals surface area contributed by atoms with Gasteiger partial charge in [-0.15, -0.1) is 0 Å². The van der Waals surface area contributed by atoms with E-state index in [4.69, 9.17) is 4.43 Å². The minimum Gasteiger partial charge on any atom is -0.508 e. The number of aliphatic hydroxyl groups excluding tert-OH is 2. The number of hydrogen-bond acceptors (Lipinski definition) is 7. The Hall–Kier alpha value is -4.64. The van der Waals surface area contributed by atoms with Crippen LogP contribution in [0.3, 0.4) is 0 Å². The highest BCUT2D eigenvalue weighted by Gasteiger charge is 2.57. The molecule has 60 heavy (non-hydrogen) atoms. The van der Waals surface area contributed by atoms with Gasteiger partial charge in [0.1, 0.15) is 5.75 Å². The summed E-state index contributed by atoms with van der Waals surface area (Å²) in [6.07, 6.45) is 4.58. The summed E-state index contributed by atoms with van der Waals surface area (Å²) in [6, 6.07) is 38.1. The Labute approximate surface area is 357 Å². The van der Waals surface area contributed by atoms with Gasteiger partial charge in [-0.3, -0.25) is 19.4 Å². The summed E-state index contributed by atoms with van der Waals surface area (Å²) in [5.74, 6) is -2.27. The van der Waals surface area contributed by atoms with Gasteiger partial charge in [0.05, 0.1) is 31.2 Å². The van der Waals surface area contributed by atoms with Crippen LogP contribution in [0.15, 0.2) is 132 Å². The first kappa shape index (κ1) is 43.4. The average Bonchev–Trinajstić information content (AvgIpc) is 3.51. The monoisotopic (exact) mass is 826 g/mol. The normalized spacial score (nSPS) is 21.4. The van der Waals surface area contributed by atoms with Crippen LogP contribution in [0, 0.1) is 17.8 Å². The fourth-order valence-corrected chi connectivity index (χ4v) is 14.8. The minimum absolute atomic E-state index is 0.161. The van der Waals surface area contributed by atoms with Crippen LogP contribution in [-0.2, 0) is 20.6 Å².